The van der Waals surface area contributed by atoms with Crippen LogP contribution in [0.2, 0.25) is 0 Å². The van der Waals surface area contributed by atoms with Crippen molar-refractivity contribution in [2.45, 2.75) is 0 Å². The first-order valence-electron chi connectivity index (χ1n) is 4.45. The van der Waals surface area contributed by atoms with E-state index < -0.39 is 6.09 Å². The maximum atomic E-state index is 10.9. The number of nitrogens with zero attached hydrogens (tertiary/aromatic N) is 4. The minimum atomic E-state index is -0.601. The molecule has 1 amide bonds. The van der Waals surface area contributed by atoms with Gasteiger partial charge in [0.15, 0.2) is 11.5 Å². The van der Waals surface area contributed by atoms with E-state index in [0.717, 1.165) is 0 Å². The van der Waals surface area contributed by atoms with Gasteiger partial charge in [-0.15, -0.1) is 0 Å². The van der Waals surface area contributed by atoms with Crippen LogP contribution in [0.1, 0.15) is 0 Å². The number of aromatic nitrogens is 4. The minimum absolute atomic E-state index is 0.462. The Morgan fingerprint density at radius 2 is 2.31 bits per heavy atom. The molecule has 8 nitrogen and oxygen atoms in total. The van der Waals surface area contributed by atoms with Crippen LogP contribution in [0.5, 0.6) is 0 Å². The number of rotatable bonds is 2. The molecule has 8 heteroatoms. The second-order valence-electron chi connectivity index (χ2n) is 2.97. The highest BCUT2D eigenvalue weighted by molar-refractivity contribution is 5.86. The van der Waals surface area contributed by atoms with Crippen molar-refractivity contribution in [1.82, 2.24) is 25.2 Å². The molecule has 0 unspecified atom stereocenters. The van der Waals surface area contributed by atoms with E-state index in [4.69, 9.17) is 0 Å². The molecule has 0 saturated carbocycles. The van der Waals surface area contributed by atoms with Gasteiger partial charge in [-0.25, -0.2) is 20.2 Å². The Bertz CT molecular complexity index is 522. The molecule has 0 fully saturated rings. The number of hydrogen-bond acceptors (Lipinski definition) is 6. The third-order valence-corrected chi connectivity index (χ3v) is 2.00. The Balaban J connectivity index is 2.27. The number of aryl methyl sites for hydroxylation is 1. The summed E-state index contributed by atoms with van der Waals surface area (Å²) in [7, 11) is 3.05. The number of ether oxygens (including phenoxy) is 1. The Morgan fingerprint density at radius 1 is 1.50 bits per heavy atom. The smallest absolute Gasteiger partial charge is 0.425 e. The van der Waals surface area contributed by atoms with E-state index in [1.54, 1.807) is 17.9 Å². The van der Waals surface area contributed by atoms with E-state index in [2.05, 4.69) is 30.7 Å². The van der Waals surface area contributed by atoms with Gasteiger partial charge in [-0.05, 0) is 0 Å². The largest absolute Gasteiger partial charge is 0.452 e. The number of nitrogens with one attached hydrogen (secondary N) is 2. The predicted molar refractivity (Wildman–Crippen MR) is 55.5 cm³/mol. The molecule has 0 atom stereocenters. The predicted octanol–water partition coefficient (Wildman–Crippen LogP) is 0.0462. The summed E-state index contributed by atoms with van der Waals surface area (Å²) in [6, 6.07) is 0. The zero-order chi connectivity index (χ0) is 11.5. The molecule has 16 heavy (non-hydrogen) atoms. The lowest BCUT2D eigenvalue weighted by molar-refractivity contribution is 0.173. The molecule has 2 heterocycles. The van der Waals surface area contributed by atoms with Crippen LogP contribution in [-0.2, 0) is 11.8 Å². The number of methoxy groups -OCH3 is 1. The third-order valence-electron chi connectivity index (χ3n) is 2.00. The van der Waals surface area contributed by atoms with Gasteiger partial charge in [0.1, 0.15) is 6.33 Å². The van der Waals surface area contributed by atoms with Crippen LogP contribution in [0.4, 0.5) is 10.6 Å². The molecule has 0 aliphatic carbocycles. The highest BCUT2D eigenvalue weighted by Gasteiger charge is 2.07. The zero-order valence-electron chi connectivity index (χ0n) is 8.76. The van der Waals surface area contributed by atoms with Crippen molar-refractivity contribution < 1.29 is 9.53 Å². The van der Waals surface area contributed by atoms with Gasteiger partial charge in [-0.1, -0.05) is 0 Å². The lowest BCUT2D eigenvalue weighted by Crippen LogP contribution is -2.29. The molecule has 0 aliphatic heterocycles. The summed E-state index contributed by atoms with van der Waals surface area (Å²) in [6.07, 6.45) is 2.39. The van der Waals surface area contributed by atoms with Gasteiger partial charge in [0.2, 0.25) is 0 Å². The van der Waals surface area contributed by atoms with Crippen molar-refractivity contribution in [3.63, 3.8) is 0 Å². The van der Waals surface area contributed by atoms with Gasteiger partial charge in [0, 0.05) is 7.05 Å². The van der Waals surface area contributed by atoms with E-state index >= 15 is 0 Å². The van der Waals surface area contributed by atoms with Crippen molar-refractivity contribution in [2.75, 3.05) is 12.5 Å². The molecule has 2 N–H and O–H groups in total. The number of hydrazine groups is 1. The zero-order valence-corrected chi connectivity index (χ0v) is 8.76. The SMILES string of the molecule is COC(=O)NNc1ncnc2c1cnn2C. The highest BCUT2D eigenvalue weighted by Crippen LogP contribution is 2.16. The lowest BCUT2D eigenvalue weighted by atomic mass is 10.4. The molecule has 0 aliphatic rings. The molecule has 2 aromatic rings. The maximum Gasteiger partial charge on any atom is 0.425 e. The molecular weight excluding hydrogens is 212 g/mol. The van der Waals surface area contributed by atoms with Crippen LogP contribution >= 0.6 is 0 Å². The van der Waals surface area contributed by atoms with E-state index in [9.17, 15) is 4.79 Å². The fraction of sp³-hybridized carbons (Fsp3) is 0.250. The summed E-state index contributed by atoms with van der Waals surface area (Å²) in [5, 5.41) is 4.74. The molecule has 2 aromatic heterocycles. The Labute approximate surface area is 90.6 Å². The highest BCUT2D eigenvalue weighted by atomic mass is 16.5. The summed E-state index contributed by atoms with van der Waals surface area (Å²) in [6.45, 7) is 0. The Kier molecular flexibility index (Phi) is 2.54. The average Bonchev–Trinajstić information content (AvgIpc) is 2.69. The van der Waals surface area contributed by atoms with Gasteiger partial charge in [-0.3, -0.25) is 10.1 Å². The summed E-state index contributed by atoms with van der Waals surface area (Å²) in [4.78, 5) is 18.9. The average molecular weight is 222 g/mol. The Morgan fingerprint density at radius 3 is 3.06 bits per heavy atom. The lowest BCUT2D eigenvalue weighted by Gasteiger charge is -2.06. The fourth-order valence-electron chi connectivity index (χ4n) is 1.22. The number of anilines is 1. The van der Waals surface area contributed by atoms with Crippen LogP contribution in [0, 0.1) is 0 Å². The monoisotopic (exact) mass is 222 g/mol. The summed E-state index contributed by atoms with van der Waals surface area (Å²) in [5.74, 6) is 0.462. The summed E-state index contributed by atoms with van der Waals surface area (Å²) in [5.41, 5.74) is 5.60. The molecule has 84 valence electrons. The minimum Gasteiger partial charge on any atom is -0.452 e. The standard InChI is InChI=1S/C8H10N6O2/c1-14-7-5(3-11-14)6(9-4-10-7)12-13-8(15)16-2/h3-4H,1-2H3,(H,13,15)(H,9,10,12). The summed E-state index contributed by atoms with van der Waals surface area (Å²) >= 11 is 0. The van der Waals surface area contributed by atoms with Crippen molar-refractivity contribution in [3.8, 4) is 0 Å². The third kappa shape index (κ3) is 1.72. The Hall–Kier alpha value is -2.38. The molecule has 0 saturated heterocycles. The van der Waals surface area contributed by atoms with E-state index in [-0.39, 0.29) is 0 Å². The van der Waals surface area contributed by atoms with E-state index in [1.807, 2.05) is 0 Å². The topological polar surface area (TPSA) is 94.0 Å². The molecule has 0 spiro atoms. The normalized spacial score (nSPS) is 10.1. The molecule has 0 bridgehead atoms. The van der Waals surface area contributed by atoms with E-state index in [0.29, 0.717) is 16.9 Å². The number of hydrogen-bond donors (Lipinski definition) is 2. The number of fused-ring (bicyclic) bond motifs is 1. The second-order valence-corrected chi connectivity index (χ2v) is 2.97. The van der Waals surface area contributed by atoms with Gasteiger partial charge < -0.3 is 4.74 Å². The molecule has 2 rings (SSSR count). The van der Waals surface area contributed by atoms with Gasteiger partial charge in [0.25, 0.3) is 0 Å². The first kappa shape index (κ1) is 10.1. The van der Waals surface area contributed by atoms with Crippen molar-refractivity contribution >= 4 is 22.9 Å². The van der Waals surface area contributed by atoms with Crippen molar-refractivity contribution in [3.05, 3.63) is 12.5 Å². The first-order chi connectivity index (χ1) is 7.72. The van der Waals surface area contributed by atoms with E-state index in [1.165, 1.54) is 13.4 Å². The number of carbonyl (C=O) groups is 1. The first-order valence-corrected chi connectivity index (χ1v) is 4.45. The van der Waals surface area contributed by atoms with Crippen LogP contribution in [0.15, 0.2) is 12.5 Å². The van der Waals surface area contributed by atoms with Crippen LogP contribution in [-0.4, -0.2) is 33.0 Å². The molecule has 0 aromatic carbocycles. The molecule has 0 radical (unpaired) electrons. The van der Waals surface area contributed by atoms with Gasteiger partial charge in [0.05, 0.1) is 18.7 Å². The van der Waals surface area contributed by atoms with Crippen molar-refractivity contribution in [2.24, 2.45) is 7.05 Å². The van der Waals surface area contributed by atoms with Gasteiger partial charge in [-0.2, -0.15) is 5.10 Å². The summed E-state index contributed by atoms with van der Waals surface area (Å²) < 4.78 is 6.02. The number of amides is 1. The number of carbonyl (C=O) groups excluding carboxylic acids is 1. The quantitative estimate of drug-likeness (QED) is 0.697. The van der Waals surface area contributed by atoms with Crippen LogP contribution in [0.3, 0.4) is 0 Å². The van der Waals surface area contributed by atoms with Crippen LogP contribution < -0.4 is 10.9 Å². The van der Waals surface area contributed by atoms with Crippen molar-refractivity contribution in [1.29, 1.82) is 0 Å². The van der Waals surface area contributed by atoms with Gasteiger partial charge >= 0.3 is 6.09 Å². The maximum absolute atomic E-state index is 10.9. The second kappa shape index (κ2) is 4.01. The molecular formula is C8H10N6O2. The van der Waals surface area contributed by atoms with Crippen LogP contribution in [0.25, 0.3) is 11.0 Å². The fourth-order valence-corrected chi connectivity index (χ4v) is 1.22.